The number of benzene rings is 1. The molecule has 0 bridgehead atoms. The number of Topliss-reactive ketones (excluding diaryl/α,β-unsaturated/α-hetero) is 1. The lowest BCUT2D eigenvalue weighted by atomic mass is 9.98. The van der Waals surface area contributed by atoms with Gasteiger partial charge in [-0.05, 0) is 51.8 Å². The van der Waals surface area contributed by atoms with Gasteiger partial charge in [-0.2, -0.15) is 0 Å². The second-order valence-corrected chi connectivity index (χ2v) is 9.05. The third kappa shape index (κ3) is 3.54. The fourth-order valence-electron chi connectivity index (χ4n) is 4.82. The number of fused-ring (bicyclic) bond motifs is 1. The first kappa shape index (κ1) is 21.5. The van der Waals surface area contributed by atoms with Crippen molar-refractivity contribution in [2.45, 2.75) is 51.8 Å². The number of nitrogens with zero attached hydrogens (tertiary/aromatic N) is 2. The van der Waals surface area contributed by atoms with Gasteiger partial charge in [0.1, 0.15) is 11.3 Å². The largest absolute Gasteiger partial charge is 0.458 e. The molecular weight excluding hydrogens is 422 g/mol. The highest BCUT2D eigenvalue weighted by Gasteiger charge is 2.51. The molecule has 5 rings (SSSR count). The van der Waals surface area contributed by atoms with Crippen molar-refractivity contribution in [3.63, 3.8) is 0 Å². The van der Waals surface area contributed by atoms with Crippen molar-refractivity contribution in [2.75, 3.05) is 13.2 Å². The Morgan fingerprint density at radius 2 is 2.00 bits per heavy atom. The molecule has 2 saturated heterocycles. The number of hydrogen-bond donors (Lipinski definition) is 1. The van der Waals surface area contributed by atoms with Crippen LogP contribution in [0.4, 0.5) is 4.79 Å². The summed E-state index contributed by atoms with van der Waals surface area (Å²) >= 11 is 0. The van der Waals surface area contributed by atoms with Gasteiger partial charge in [0.15, 0.2) is 11.3 Å². The molecule has 8 heteroatoms. The fraction of sp³-hybridized carbons (Fsp3) is 0.400. The first-order valence-corrected chi connectivity index (χ1v) is 11.2. The maximum Gasteiger partial charge on any atom is 0.325 e. The van der Waals surface area contributed by atoms with Crippen molar-refractivity contribution < 1.29 is 23.5 Å². The monoisotopic (exact) mass is 449 g/mol. The predicted molar refractivity (Wildman–Crippen MR) is 121 cm³/mol. The number of furan rings is 1. The van der Waals surface area contributed by atoms with E-state index in [0.29, 0.717) is 23.5 Å². The lowest BCUT2D eigenvalue weighted by Gasteiger charge is -2.19. The van der Waals surface area contributed by atoms with E-state index in [4.69, 9.17) is 9.15 Å². The summed E-state index contributed by atoms with van der Waals surface area (Å²) in [5.41, 5.74) is 1.55. The normalized spacial score (nSPS) is 23.0. The third-order valence-electron chi connectivity index (χ3n) is 6.78. The topological polar surface area (TPSA) is 93.8 Å². The van der Waals surface area contributed by atoms with Crippen LogP contribution in [0, 0.1) is 13.8 Å². The predicted octanol–water partition coefficient (Wildman–Crippen LogP) is 3.68. The standard InChI is InChI=1S/C25H27N3O5/c1-15-11-19(16(2)27(15)13-18-8-6-10-32-18)20(29)14-28-23(30)25(3,26-24(28)31)22-12-17-7-4-5-9-21(17)33-22/h4-5,7,9,11-12,18H,6,8,10,13-14H2,1-3H3,(H,26,31). The lowest BCUT2D eigenvalue weighted by molar-refractivity contribution is -0.131. The Balaban J connectivity index is 1.36. The van der Waals surface area contributed by atoms with Crippen molar-refractivity contribution in [2.24, 2.45) is 0 Å². The molecule has 0 aliphatic carbocycles. The summed E-state index contributed by atoms with van der Waals surface area (Å²) in [5.74, 6) is -0.446. The molecule has 8 nitrogen and oxygen atoms in total. The van der Waals surface area contributed by atoms with Crippen LogP contribution in [0.5, 0.6) is 0 Å². The molecule has 0 spiro atoms. The second-order valence-electron chi connectivity index (χ2n) is 9.05. The second kappa shape index (κ2) is 7.88. The van der Waals surface area contributed by atoms with Crippen LogP contribution in [0.3, 0.4) is 0 Å². The zero-order valence-corrected chi connectivity index (χ0v) is 19.0. The average molecular weight is 450 g/mol. The number of nitrogens with one attached hydrogen (secondary N) is 1. The first-order valence-electron chi connectivity index (χ1n) is 11.2. The van der Waals surface area contributed by atoms with Crippen molar-refractivity contribution >= 4 is 28.7 Å². The molecule has 3 amide bonds. The van der Waals surface area contributed by atoms with Crippen LogP contribution in [0.25, 0.3) is 11.0 Å². The van der Waals surface area contributed by atoms with Crippen molar-refractivity contribution in [3.05, 3.63) is 59.1 Å². The van der Waals surface area contributed by atoms with E-state index < -0.39 is 17.5 Å². The maximum absolute atomic E-state index is 13.3. The van der Waals surface area contributed by atoms with Gasteiger partial charge < -0.3 is 19.0 Å². The van der Waals surface area contributed by atoms with E-state index in [0.717, 1.165) is 41.1 Å². The molecule has 2 aromatic heterocycles. The minimum Gasteiger partial charge on any atom is -0.458 e. The summed E-state index contributed by atoms with van der Waals surface area (Å²) < 4.78 is 13.7. The highest BCUT2D eigenvalue weighted by atomic mass is 16.5. The number of aromatic nitrogens is 1. The highest BCUT2D eigenvalue weighted by molar-refractivity contribution is 6.11. The summed E-state index contributed by atoms with van der Waals surface area (Å²) in [5, 5.41) is 3.55. The number of ether oxygens (including phenoxy) is 1. The van der Waals surface area contributed by atoms with E-state index >= 15 is 0 Å². The van der Waals surface area contributed by atoms with Gasteiger partial charge in [-0.3, -0.25) is 14.5 Å². The summed E-state index contributed by atoms with van der Waals surface area (Å²) in [6, 6.07) is 10.4. The number of amides is 3. The zero-order chi connectivity index (χ0) is 23.3. The minimum atomic E-state index is -1.37. The van der Waals surface area contributed by atoms with Crippen LogP contribution in [-0.2, 0) is 21.6 Å². The Hall–Kier alpha value is -3.39. The number of aryl methyl sites for hydroxylation is 1. The van der Waals surface area contributed by atoms with Crippen LogP contribution < -0.4 is 5.32 Å². The van der Waals surface area contributed by atoms with E-state index in [2.05, 4.69) is 9.88 Å². The van der Waals surface area contributed by atoms with E-state index in [9.17, 15) is 14.4 Å². The Bertz CT molecular complexity index is 1230. The molecule has 172 valence electrons. The van der Waals surface area contributed by atoms with Crippen molar-refractivity contribution in [3.8, 4) is 0 Å². The Labute approximate surface area is 191 Å². The van der Waals surface area contributed by atoms with Gasteiger partial charge in [-0.25, -0.2) is 4.79 Å². The summed E-state index contributed by atoms with van der Waals surface area (Å²) in [6.45, 7) is 6.57. The highest BCUT2D eigenvalue weighted by Crippen LogP contribution is 2.33. The SMILES string of the molecule is Cc1cc(C(=O)CN2C(=O)NC(C)(c3cc4ccccc4o3)C2=O)c(C)n1CC1CCCO1. The van der Waals surface area contributed by atoms with E-state index in [-0.39, 0.29) is 18.4 Å². The molecule has 2 aliphatic rings. The molecule has 0 saturated carbocycles. The van der Waals surface area contributed by atoms with Gasteiger partial charge >= 0.3 is 6.03 Å². The third-order valence-corrected chi connectivity index (χ3v) is 6.78. The minimum absolute atomic E-state index is 0.146. The number of ketones is 1. The quantitative estimate of drug-likeness (QED) is 0.458. The van der Waals surface area contributed by atoms with Gasteiger partial charge in [0.05, 0.1) is 12.6 Å². The average Bonchev–Trinajstić information content (AvgIpc) is 3.55. The lowest BCUT2D eigenvalue weighted by Crippen LogP contribution is -2.41. The Morgan fingerprint density at radius 1 is 1.21 bits per heavy atom. The van der Waals surface area contributed by atoms with Gasteiger partial charge in [-0.1, -0.05) is 18.2 Å². The van der Waals surface area contributed by atoms with Crippen molar-refractivity contribution in [1.29, 1.82) is 0 Å². The number of urea groups is 1. The van der Waals surface area contributed by atoms with Gasteiger partial charge in [0, 0.05) is 35.5 Å². The summed E-state index contributed by atoms with van der Waals surface area (Å²) in [7, 11) is 0. The number of rotatable bonds is 6. The fourth-order valence-corrected chi connectivity index (χ4v) is 4.82. The molecule has 33 heavy (non-hydrogen) atoms. The number of hydrogen-bond acceptors (Lipinski definition) is 5. The van der Waals surface area contributed by atoms with Crippen LogP contribution in [0.2, 0.25) is 0 Å². The van der Waals surface area contributed by atoms with Crippen LogP contribution in [-0.4, -0.2) is 46.4 Å². The van der Waals surface area contributed by atoms with E-state index in [1.54, 1.807) is 19.1 Å². The van der Waals surface area contributed by atoms with Crippen molar-refractivity contribution in [1.82, 2.24) is 14.8 Å². The van der Waals surface area contributed by atoms with E-state index in [1.807, 2.05) is 38.1 Å². The molecule has 0 radical (unpaired) electrons. The number of imide groups is 1. The first-order chi connectivity index (χ1) is 15.8. The number of carbonyl (C=O) groups is 3. The number of para-hydroxylation sites is 1. The van der Waals surface area contributed by atoms with Crippen LogP contribution in [0.15, 0.2) is 40.8 Å². The molecule has 2 atom stereocenters. The number of carbonyl (C=O) groups excluding carboxylic acids is 3. The Kier molecular flexibility index (Phi) is 5.12. The molecule has 1 N–H and O–H groups in total. The van der Waals surface area contributed by atoms with E-state index in [1.165, 1.54) is 0 Å². The van der Waals surface area contributed by atoms with Crippen LogP contribution in [0.1, 0.15) is 47.3 Å². The molecule has 1 aromatic carbocycles. The van der Waals surface area contributed by atoms with Gasteiger partial charge in [-0.15, -0.1) is 0 Å². The molecule has 2 fully saturated rings. The molecule has 2 unspecified atom stereocenters. The molecule has 3 aromatic rings. The molecular formula is C25H27N3O5. The van der Waals surface area contributed by atoms with Crippen LogP contribution >= 0.6 is 0 Å². The summed E-state index contributed by atoms with van der Waals surface area (Å²) in [6.07, 6.45) is 2.20. The Morgan fingerprint density at radius 3 is 2.73 bits per heavy atom. The van der Waals surface area contributed by atoms with Gasteiger partial charge in [0.2, 0.25) is 0 Å². The van der Waals surface area contributed by atoms with Gasteiger partial charge in [0.25, 0.3) is 5.91 Å². The molecule has 4 heterocycles. The maximum atomic E-state index is 13.3. The summed E-state index contributed by atoms with van der Waals surface area (Å²) in [4.78, 5) is 40.1. The zero-order valence-electron chi connectivity index (χ0n) is 19.0. The molecule has 2 aliphatic heterocycles. The smallest absolute Gasteiger partial charge is 0.325 e.